The SMILES string of the molecule is CCOCc1cc(F)c(C#Cc2ccc(-c3cc(F)c(C#N)c(F)c3F)c(F)c2)c(F)c1. The molecule has 0 aliphatic carbocycles. The molecule has 0 N–H and O–H groups in total. The number of halogens is 6. The number of nitrogens with zero attached hydrogens (tertiary/aromatic N) is 1. The number of benzene rings is 3. The summed E-state index contributed by atoms with van der Waals surface area (Å²) >= 11 is 0. The van der Waals surface area contributed by atoms with Gasteiger partial charge in [-0.25, -0.2) is 26.3 Å². The van der Waals surface area contributed by atoms with Gasteiger partial charge in [-0.2, -0.15) is 5.26 Å². The van der Waals surface area contributed by atoms with E-state index in [1.165, 1.54) is 12.1 Å². The van der Waals surface area contributed by atoms with Gasteiger partial charge in [0.15, 0.2) is 11.6 Å². The molecule has 0 fully saturated rings. The summed E-state index contributed by atoms with van der Waals surface area (Å²) in [5.74, 6) is -2.91. The van der Waals surface area contributed by atoms with Crippen molar-refractivity contribution in [3.8, 4) is 29.0 Å². The van der Waals surface area contributed by atoms with E-state index < -0.39 is 57.2 Å². The number of rotatable bonds is 4. The molecule has 0 saturated carbocycles. The van der Waals surface area contributed by atoms with Crippen LogP contribution >= 0.6 is 0 Å². The van der Waals surface area contributed by atoms with Crippen molar-refractivity contribution in [2.45, 2.75) is 13.5 Å². The normalized spacial score (nSPS) is 10.4. The van der Waals surface area contributed by atoms with Gasteiger partial charge in [-0.05, 0) is 42.8 Å². The average Bonchev–Trinajstić information content (AvgIpc) is 2.75. The second-order valence-electron chi connectivity index (χ2n) is 6.54. The number of hydrogen-bond donors (Lipinski definition) is 0. The van der Waals surface area contributed by atoms with Crippen LogP contribution in [0.2, 0.25) is 0 Å². The Morgan fingerprint density at radius 2 is 1.41 bits per heavy atom. The van der Waals surface area contributed by atoms with Crippen molar-refractivity contribution < 1.29 is 31.1 Å². The lowest BCUT2D eigenvalue weighted by molar-refractivity contribution is 0.133. The lowest BCUT2D eigenvalue weighted by Gasteiger charge is -2.08. The first-order valence-electron chi connectivity index (χ1n) is 9.22. The number of hydrogen-bond acceptors (Lipinski definition) is 2. The van der Waals surface area contributed by atoms with Crippen molar-refractivity contribution >= 4 is 0 Å². The predicted molar refractivity (Wildman–Crippen MR) is 104 cm³/mol. The van der Waals surface area contributed by atoms with E-state index in [0.29, 0.717) is 12.7 Å². The van der Waals surface area contributed by atoms with E-state index in [-0.39, 0.29) is 17.7 Å². The maximum atomic E-state index is 14.5. The molecule has 0 bridgehead atoms. The molecular weight excluding hydrogens is 432 g/mol. The van der Waals surface area contributed by atoms with Crippen LogP contribution in [0, 0.1) is 58.1 Å². The smallest absolute Gasteiger partial charge is 0.180 e. The Balaban J connectivity index is 1.95. The van der Waals surface area contributed by atoms with Gasteiger partial charge in [0, 0.05) is 23.3 Å². The summed E-state index contributed by atoms with van der Waals surface area (Å²) < 4.78 is 89.8. The van der Waals surface area contributed by atoms with E-state index in [4.69, 9.17) is 10.00 Å². The first kappa shape index (κ1) is 22.9. The molecule has 0 spiro atoms. The molecule has 0 radical (unpaired) electrons. The van der Waals surface area contributed by atoms with E-state index in [0.717, 1.165) is 24.3 Å². The van der Waals surface area contributed by atoms with Crippen molar-refractivity contribution in [3.05, 3.63) is 93.6 Å². The van der Waals surface area contributed by atoms with E-state index >= 15 is 0 Å². The maximum absolute atomic E-state index is 14.5. The molecule has 0 unspecified atom stereocenters. The van der Waals surface area contributed by atoms with E-state index in [1.54, 1.807) is 6.92 Å². The van der Waals surface area contributed by atoms with E-state index in [2.05, 4.69) is 11.8 Å². The lowest BCUT2D eigenvalue weighted by Crippen LogP contribution is -2.00. The third kappa shape index (κ3) is 4.61. The summed E-state index contributed by atoms with van der Waals surface area (Å²) in [5, 5.41) is 8.68. The van der Waals surface area contributed by atoms with Crippen LogP contribution in [0.5, 0.6) is 0 Å². The molecule has 3 aromatic carbocycles. The van der Waals surface area contributed by atoms with Crippen LogP contribution in [0.1, 0.15) is 29.2 Å². The van der Waals surface area contributed by atoms with Crippen molar-refractivity contribution in [1.29, 1.82) is 5.26 Å². The molecule has 0 aliphatic heterocycles. The molecule has 8 heteroatoms. The highest BCUT2D eigenvalue weighted by Gasteiger charge is 2.21. The van der Waals surface area contributed by atoms with Crippen LogP contribution in [0.3, 0.4) is 0 Å². The van der Waals surface area contributed by atoms with Crippen LogP contribution in [0.15, 0.2) is 36.4 Å². The first-order chi connectivity index (χ1) is 15.3. The van der Waals surface area contributed by atoms with Gasteiger partial charge in [0.2, 0.25) is 0 Å². The molecule has 3 rings (SSSR count). The average molecular weight is 445 g/mol. The monoisotopic (exact) mass is 445 g/mol. The van der Waals surface area contributed by atoms with Gasteiger partial charge in [-0.1, -0.05) is 17.9 Å². The van der Waals surface area contributed by atoms with Gasteiger partial charge in [0.25, 0.3) is 0 Å². The van der Waals surface area contributed by atoms with Gasteiger partial charge in [-0.15, -0.1) is 0 Å². The molecule has 162 valence electrons. The minimum Gasteiger partial charge on any atom is -0.377 e. The summed E-state index contributed by atoms with van der Waals surface area (Å²) in [7, 11) is 0. The Morgan fingerprint density at radius 1 is 0.750 bits per heavy atom. The molecule has 3 aromatic rings. The molecule has 0 heterocycles. The maximum Gasteiger partial charge on any atom is 0.180 e. The van der Waals surface area contributed by atoms with Crippen LogP contribution in [-0.2, 0) is 11.3 Å². The first-order valence-corrected chi connectivity index (χ1v) is 9.22. The molecule has 2 nitrogen and oxygen atoms in total. The predicted octanol–water partition coefficient (Wildman–Crippen LogP) is 6.00. The molecule has 0 amide bonds. The largest absolute Gasteiger partial charge is 0.377 e. The Hall–Kier alpha value is -3.75. The molecule has 32 heavy (non-hydrogen) atoms. The fourth-order valence-corrected chi connectivity index (χ4v) is 2.89. The third-order valence-electron chi connectivity index (χ3n) is 4.44. The van der Waals surface area contributed by atoms with Gasteiger partial charge >= 0.3 is 0 Å². The minimum atomic E-state index is -1.73. The third-order valence-corrected chi connectivity index (χ3v) is 4.44. The molecular formula is C24H13F6NO. The zero-order chi connectivity index (χ0) is 23.4. The minimum absolute atomic E-state index is 0.0153. The van der Waals surface area contributed by atoms with Gasteiger partial charge < -0.3 is 4.74 Å². The summed E-state index contributed by atoms with van der Waals surface area (Å²) in [6, 6.07) is 6.88. The Morgan fingerprint density at radius 3 is 2.00 bits per heavy atom. The highest BCUT2D eigenvalue weighted by Crippen LogP contribution is 2.30. The van der Waals surface area contributed by atoms with Crippen LogP contribution in [0.25, 0.3) is 11.1 Å². The number of nitriles is 1. The highest BCUT2D eigenvalue weighted by molar-refractivity contribution is 5.67. The van der Waals surface area contributed by atoms with Gasteiger partial charge in [0.05, 0.1) is 12.2 Å². The molecule has 0 aromatic heterocycles. The van der Waals surface area contributed by atoms with E-state index in [1.807, 2.05) is 0 Å². The zero-order valence-corrected chi connectivity index (χ0v) is 16.5. The quantitative estimate of drug-likeness (QED) is 0.281. The van der Waals surface area contributed by atoms with Crippen LogP contribution in [0.4, 0.5) is 26.3 Å². The molecule has 0 aliphatic rings. The van der Waals surface area contributed by atoms with Crippen molar-refractivity contribution in [3.63, 3.8) is 0 Å². The standard InChI is InChI=1S/C24H13F6NO/c1-2-32-12-14-8-20(26)16(21(27)9-14)6-4-13-3-5-15(19(25)7-13)17-10-22(28)18(11-31)24(30)23(17)29/h3,5,7-10H,2,12H2,1H3. The number of ether oxygens (including phenoxy) is 1. The Labute approximate surface area is 179 Å². The van der Waals surface area contributed by atoms with E-state index in [9.17, 15) is 26.3 Å². The van der Waals surface area contributed by atoms with Crippen molar-refractivity contribution in [2.75, 3.05) is 6.61 Å². The van der Waals surface area contributed by atoms with Gasteiger partial charge in [0.1, 0.15) is 34.9 Å². The van der Waals surface area contributed by atoms with Crippen LogP contribution < -0.4 is 0 Å². The van der Waals surface area contributed by atoms with Crippen molar-refractivity contribution in [1.82, 2.24) is 0 Å². The highest BCUT2D eigenvalue weighted by atomic mass is 19.2. The topological polar surface area (TPSA) is 33.0 Å². The summed E-state index contributed by atoms with van der Waals surface area (Å²) in [6.07, 6.45) is 0. The van der Waals surface area contributed by atoms with Crippen LogP contribution in [-0.4, -0.2) is 6.61 Å². The lowest BCUT2D eigenvalue weighted by atomic mass is 10.00. The summed E-state index contributed by atoms with van der Waals surface area (Å²) in [5.41, 5.74) is -2.58. The van der Waals surface area contributed by atoms with Crippen molar-refractivity contribution in [2.24, 2.45) is 0 Å². The molecule has 0 saturated heterocycles. The summed E-state index contributed by atoms with van der Waals surface area (Å²) in [6.45, 7) is 2.13. The second-order valence-corrected chi connectivity index (χ2v) is 6.54. The Bertz CT molecular complexity index is 1280. The zero-order valence-electron chi connectivity index (χ0n) is 16.5. The summed E-state index contributed by atoms with van der Waals surface area (Å²) in [4.78, 5) is 0. The van der Waals surface area contributed by atoms with Gasteiger partial charge in [-0.3, -0.25) is 0 Å². The molecule has 0 atom stereocenters. The fourth-order valence-electron chi connectivity index (χ4n) is 2.89. The second kappa shape index (κ2) is 9.59. The fraction of sp³-hybridized carbons (Fsp3) is 0.125. The Kier molecular flexibility index (Phi) is 6.87.